The highest BCUT2D eigenvalue weighted by Crippen LogP contribution is 2.47. The summed E-state index contributed by atoms with van der Waals surface area (Å²) in [7, 11) is 0. The highest BCUT2D eigenvalue weighted by molar-refractivity contribution is 5.18. The molecule has 0 spiro atoms. The first-order valence-electron chi connectivity index (χ1n) is 6.65. The van der Waals surface area contributed by atoms with E-state index in [1.165, 1.54) is 31.2 Å². The maximum atomic E-state index is 3.80. The summed E-state index contributed by atoms with van der Waals surface area (Å²) >= 11 is 0. The zero-order valence-corrected chi connectivity index (χ0v) is 10.0. The third-order valence-corrected chi connectivity index (χ3v) is 4.56. The van der Waals surface area contributed by atoms with Crippen molar-refractivity contribution in [3.05, 3.63) is 35.9 Å². The molecule has 86 valence electrons. The number of hydrogen-bond acceptors (Lipinski definition) is 1. The van der Waals surface area contributed by atoms with Gasteiger partial charge in [0.05, 0.1) is 0 Å². The van der Waals surface area contributed by atoms with Crippen LogP contribution in [-0.2, 0) is 0 Å². The summed E-state index contributed by atoms with van der Waals surface area (Å²) in [5.41, 5.74) is 1.42. The van der Waals surface area contributed by atoms with Crippen molar-refractivity contribution in [2.45, 2.75) is 44.7 Å². The van der Waals surface area contributed by atoms with Crippen molar-refractivity contribution >= 4 is 0 Å². The van der Waals surface area contributed by atoms with Crippen molar-refractivity contribution in [2.75, 3.05) is 0 Å². The van der Waals surface area contributed by atoms with Crippen LogP contribution in [0.2, 0.25) is 0 Å². The van der Waals surface area contributed by atoms with Crippen LogP contribution < -0.4 is 5.32 Å². The summed E-state index contributed by atoms with van der Waals surface area (Å²) in [6.07, 6.45) is 5.83. The molecule has 2 aliphatic rings. The molecular formula is C15H21N. The number of rotatable bonds is 3. The van der Waals surface area contributed by atoms with Gasteiger partial charge < -0.3 is 5.32 Å². The Bertz CT molecular complexity index is 346. The van der Waals surface area contributed by atoms with Crippen LogP contribution in [0, 0.1) is 11.8 Å². The number of benzene rings is 1. The Balaban J connectivity index is 1.59. The molecular weight excluding hydrogens is 194 g/mol. The fourth-order valence-corrected chi connectivity index (χ4v) is 3.54. The van der Waals surface area contributed by atoms with E-state index in [0.717, 1.165) is 17.9 Å². The quantitative estimate of drug-likeness (QED) is 0.813. The lowest BCUT2D eigenvalue weighted by Crippen LogP contribution is -2.48. The van der Waals surface area contributed by atoms with Gasteiger partial charge in [0.2, 0.25) is 0 Å². The van der Waals surface area contributed by atoms with Gasteiger partial charge in [-0.2, -0.15) is 0 Å². The zero-order valence-electron chi connectivity index (χ0n) is 10.0. The topological polar surface area (TPSA) is 12.0 Å². The predicted molar refractivity (Wildman–Crippen MR) is 67.2 cm³/mol. The van der Waals surface area contributed by atoms with Crippen LogP contribution in [0.4, 0.5) is 0 Å². The first-order valence-corrected chi connectivity index (χ1v) is 6.65. The van der Waals surface area contributed by atoms with Gasteiger partial charge in [-0.25, -0.2) is 0 Å². The minimum atomic E-state index is 0.507. The molecule has 1 heteroatoms. The number of fused-ring (bicyclic) bond motifs is 1. The Morgan fingerprint density at radius 2 is 2.00 bits per heavy atom. The van der Waals surface area contributed by atoms with Crippen molar-refractivity contribution in [2.24, 2.45) is 11.8 Å². The predicted octanol–water partition coefficient (Wildman–Crippen LogP) is 3.53. The Morgan fingerprint density at radius 1 is 1.19 bits per heavy atom. The second kappa shape index (κ2) is 4.21. The fraction of sp³-hybridized carbons (Fsp3) is 0.600. The van der Waals surface area contributed by atoms with Gasteiger partial charge in [0.15, 0.2) is 0 Å². The molecule has 0 aliphatic heterocycles. The van der Waals surface area contributed by atoms with E-state index in [-0.39, 0.29) is 0 Å². The molecule has 2 unspecified atom stereocenters. The first-order chi connectivity index (χ1) is 7.84. The van der Waals surface area contributed by atoms with Crippen molar-refractivity contribution in [3.8, 4) is 0 Å². The first kappa shape index (κ1) is 10.3. The molecule has 0 radical (unpaired) electrons. The molecule has 2 aliphatic carbocycles. The van der Waals surface area contributed by atoms with Gasteiger partial charge in [0, 0.05) is 12.1 Å². The van der Waals surface area contributed by atoms with E-state index in [0.29, 0.717) is 6.04 Å². The van der Waals surface area contributed by atoms with Gasteiger partial charge in [-0.3, -0.25) is 0 Å². The van der Waals surface area contributed by atoms with Crippen molar-refractivity contribution in [3.63, 3.8) is 0 Å². The van der Waals surface area contributed by atoms with Gasteiger partial charge >= 0.3 is 0 Å². The van der Waals surface area contributed by atoms with Crippen LogP contribution in [0.1, 0.15) is 44.2 Å². The van der Waals surface area contributed by atoms with Gasteiger partial charge in [-0.1, -0.05) is 43.2 Å². The minimum absolute atomic E-state index is 0.507. The highest BCUT2D eigenvalue weighted by atomic mass is 15.0. The van der Waals surface area contributed by atoms with Crippen LogP contribution in [0.3, 0.4) is 0 Å². The second-order valence-corrected chi connectivity index (χ2v) is 5.50. The van der Waals surface area contributed by atoms with Gasteiger partial charge in [-0.15, -0.1) is 0 Å². The molecule has 1 aromatic carbocycles. The highest BCUT2D eigenvalue weighted by Gasteiger charge is 2.43. The van der Waals surface area contributed by atoms with Crippen LogP contribution in [0.5, 0.6) is 0 Å². The molecule has 0 aromatic heterocycles. The Kier molecular flexibility index (Phi) is 2.72. The van der Waals surface area contributed by atoms with E-state index in [4.69, 9.17) is 0 Å². The zero-order chi connectivity index (χ0) is 11.0. The maximum Gasteiger partial charge on any atom is 0.0294 e. The molecule has 4 atom stereocenters. The lowest BCUT2D eigenvalue weighted by molar-refractivity contribution is 0.128. The van der Waals surface area contributed by atoms with Crippen LogP contribution in [-0.4, -0.2) is 6.04 Å². The van der Waals surface area contributed by atoms with Gasteiger partial charge in [-0.05, 0) is 37.2 Å². The second-order valence-electron chi connectivity index (χ2n) is 5.50. The normalized spacial score (nSPS) is 34.2. The van der Waals surface area contributed by atoms with E-state index in [1.807, 2.05) is 0 Å². The third kappa shape index (κ3) is 1.78. The van der Waals surface area contributed by atoms with E-state index in [9.17, 15) is 0 Å². The van der Waals surface area contributed by atoms with Crippen LogP contribution in [0.15, 0.2) is 30.3 Å². The monoisotopic (exact) mass is 215 g/mol. The molecule has 0 saturated heterocycles. The standard InChI is InChI=1S/C15H21N/c1-11(12-6-3-2-4-7-12)16-15-10-13-8-5-9-14(13)15/h2-4,6-7,11,13-16H,5,8-10H2,1H3/t11?,13-,14-,15?/m0/s1. The average Bonchev–Trinajstić information content (AvgIpc) is 2.68. The molecule has 2 fully saturated rings. The summed E-state index contributed by atoms with van der Waals surface area (Å²) in [6.45, 7) is 2.29. The fourth-order valence-electron chi connectivity index (χ4n) is 3.54. The van der Waals surface area contributed by atoms with Crippen molar-refractivity contribution < 1.29 is 0 Å². The Morgan fingerprint density at radius 3 is 2.75 bits per heavy atom. The van der Waals surface area contributed by atoms with E-state index < -0.39 is 0 Å². The Hall–Kier alpha value is -0.820. The summed E-state index contributed by atoms with van der Waals surface area (Å²) in [4.78, 5) is 0. The SMILES string of the molecule is CC(NC1C[C@@H]2CCC[C@H]12)c1ccccc1. The third-order valence-electron chi connectivity index (χ3n) is 4.56. The van der Waals surface area contributed by atoms with E-state index >= 15 is 0 Å². The van der Waals surface area contributed by atoms with E-state index in [2.05, 4.69) is 42.6 Å². The lowest BCUT2D eigenvalue weighted by atomic mass is 9.71. The van der Waals surface area contributed by atoms with Crippen molar-refractivity contribution in [1.82, 2.24) is 5.32 Å². The lowest BCUT2D eigenvalue weighted by Gasteiger charge is -2.42. The molecule has 0 heterocycles. The Labute approximate surface area is 98.3 Å². The van der Waals surface area contributed by atoms with Gasteiger partial charge in [0.1, 0.15) is 0 Å². The number of nitrogens with one attached hydrogen (secondary N) is 1. The molecule has 1 N–H and O–H groups in total. The van der Waals surface area contributed by atoms with Gasteiger partial charge in [0.25, 0.3) is 0 Å². The molecule has 0 bridgehead atoms. The molecule has 1 aromatic rings. The molecule has 3 rings (SSSR count). The molecule has 0 amide bonds. The number of hydrogen-bond donors (Lipinski definition) is 1. The molecule has 16 heavy (non-hydrogen) atoms. The summed E-state index contributed by atoms with van der Waals surface area (Å²) in [6, 6.07) is 12.1. The maximum absolute atomic E-state index is 3.80. The minimum Gasteiger partial charge on any atom is -0.307 e. The van der Waals surface area contributed by atoms with E-state index in [1.54, 1.807) is 0 Å². The summed E-state index contributed by atoms with van der Waals surface area (Å²) in [5.74, 6) is 2.05. The van der Waals surface area contributed by atoms with Crippen LogP contribution >= 0.6 is 0 Å². The molecule has 1 nitrogen and oxygen atoms in total. The average molecular weight is 215 g/mol. The van der Waals surface area contributed by atoms with Crippen LogP contribution in [0.25, 0.3) is 0 Å². The molecule has 2 saturated carbocycles. The largest absolute Gasteiger partial charge is 0.307 e. The summed E-state index contributed by atoms with van der Waals surface area (Å²) < 4.78 is 0. The summed E-state index contributed by atoms with van der Waals surface area (Å²) in [5, 5.41) is 3.80. The smallest absolute Gasteiger partial charge is 0.0294 e. The van der Waals surface area contributed by atoms with Crippen molar-refractivity contribution in [1.29, 1.82) is 0 Å².